The Bertz CT molecular complexity index is 549. The molecule has 1 heterocycles. The molecule has 1 saturated heterocycles. The predicted molar refractivity (Wildman–Crippen MR) is 70.2 cm³/mol. The molecule has 0 radical (unpaired) electrons. The van der Waals surface area contributed by atoms with Crippen LogP contribution in [0.3, 0.4) is 0 Å². The molecule has 19 heavy (non-hydrogen) atoms. The van der Waals surface area contributed by atoms with E-state index >= 15 is 0 Å². The summed E-state index contributed by atoms with van der Waals surface area (Å²) in [6, 6.07) is 17.8. The summed E-state index contributed by atoms with van der Waals surface area (Å²) in [5.74, 6) is -0.259. The highest BCUT2D eigenvalue weighted by atomic mass is 16.6. The average Bonchev–Trinajstić information content (AvgIpc) is 3.28. The van der Waals surface area contributed by atoms with Gasteiger partial charge in [0.15, 0.2) is 23.8 Å². The molecular weight excluding hydrogens is 240 g/mol. The first kappa shape index (κ1) is 11.8. The van der Waals surface area contributed by atoms with Crippen molar-refractivity contribution in [1.82, 2.24) is 0 Å². The zero-order chi connectivity index (χ0) is 13.2. The number of Topliss-reactive ketones (excluding diaryl/α,β-unsaturated/α-hetero) is 2. The van der Waals surface area contributed by atoms with Gasteiger partial charge in [-0.15, -0.1) is 0 Å². The highest BCUT2D eigenvalue weighted by molar-refractivity contribution is 6.10. The first-order valence-electron chi connectivity index (χ1n) is 6.11. The van der Waals surface area contributed by atoms with Gasteiger partial charge in [0.1, 0.15) is 0 Å². The van der Waals surface area contributed by atoms with Gasteiger partial charge in [-0.2, -0.15) is 0 Å². The molecule has 1 aliphatic rings. The molecule has 0 spiro atoms. The standard InChI is InChI=1S/C16H12O3/c17-13(11-7-3-1-4-8-11)15-16(19-15)14(18)12-9-5-2-6-10-12/h1-10,15-16H/t15-,16+. The van der Waals surface area contributed by atoms with Gasteiger partial charge in [0.25, 0.3) is 0 Å². The first-order valence-corrected chi connectivity index (χ1v) is 6.11. The second kappa shape index (κ2) is 4.78. The molecule has 2 atom stereocenters. The number of hydrogen-bond acceptors (Lipinski definition) is 3. The minimum Gasteiger partial charge on any atom is -0.352 e. The highest BCUT2D eigenvalue weighted by Crippen LogP contribution is 2.29. The predicted octanol–water partition coefficient (Wildman–Crippen LogP) is 2.52. The van der Waals surface area contributed by atoms with Gasteiger partial charge in [0.2, 0.25) is 0 Å². The Labute approximate surface area is 110 Å². The summed E-state index contributed by atoms with van der Waals surface area (Å²) in [4.78, 5) is 24.2. The number of carbonyl (C=O) groups is 2. The van der Waals surface area contributed by atoms with E-state index in [1.54, 1.807) is 48.5 Å². The van der Waals surface area contributed by atoms with E-state index in [1.165, 1.54) is 0 Å². The molecular formula is C16H12O3. The third-order valence-corrected chi connectivity index (χ3v) is 3.13. The van der Waals surface area contributed by atoms with Gasteiger partial charge in [-0.25, -0.2) is 0 Å². The fourth-order valence-electron chi connectivity index (χ4n) is 2.04. The molecule has 2 aromatic carbocycles. The van der Waals surface area contributed by atoms with E-state index in [-0.39, 0.29) is 11.6 Å². The van der Waals surface area contributed by atoms with Gasteiger partial charge in [-0.1, -0.05) is 60.7 Å². The van der Waals surface area contributed by atoms with Gasteiger partial charge < -0.3 is 4.74 Å². The van der Waals surface area contributed by atoms with Crippen molar-refractivity contribution in [3.8, 4) is 0 Å². The number of carbonyl (C=O) groups excluding carboxylic acids is 2. The van der Waals surface area contributed by atoms with Crippen molar-refractivity contribution in [2.45, 2.75) is 12.2 Å². The van der Waals surface area contributed by atoms with Gasteiger partial charge in [0, 0.05) is 11.1 Å². The van der Waals surface area contributed by atoms with E-state index in [1.807, 2.05) is 12.1 Å². The maximum atomic E-state index is 12.1. The van der Waals surface area contributed by atoms with E-state index in [4.69, 9.17) is 4.74 Å². The van der Waals surface area contributed by atoms with E-state index in [9.17, 15) is 9.59 Å². The Morgan fingerprint density at radius 3 is 1.42 bits per heavy atom. The maximum absolute atomic E-state index is 12.1. The van der Waals surface area contributed by atoms with Crippen LogP contribution in [0.5, 0.6) is 0 Å². The van der Waals surface area contributed by atoms with Crippen molar-refractivity contribution in [3.05, 3.63) is 71.8 Å². The van der Waals surface area contributed by atoms with E-state index in [0.717, 1.165) is 0 Å². The third kappa shape index (κ3) is 2.33. The fourth-order valence-corrected chi connectivity index (χ4v) is 2.04. The molecule has 0 amide bonds. The quantitative estimate of drug-likeness (QED) is 0.620. The summed E-state index contributed by atoms with van der Waals surface area (Å²) in [6.07, 6.45) is -1.26. The molecule has 0 unspecified atom stereocenters. The molecule has 1 fully saturated rings. The molecule has 2 aromatic rings. The van der Waals surface area contributed by atoms with E-state index in [0.29, 0.717) is 11.1 Å². The first-order chi connectivity index (χ1) is 9.27. The maximum Gasteiger partial charge on any atom is 0.194 e. The van der Waals surface area contributed by atoms with Gasteiger partial charge in [-0.3, -0.25) is 9.59 Å². The number of hydrogen-bond donors (Lipinski definition) is 0. The SMILES string of the molecule is O=C(c1ccccc1)[C@H]1O[C@H]1C(=O)c1ccccc1. The molecule has 1 aliphatic heterocycles. The number of epoxide rings is 1. The fraction of sp³-hybridized carbons (Fsp3) is 0.125. The van der Waals surface area contributed by atoms with Crippen LogP contribution in [0.25, 0.3) is 0 Å². The number of ether oxygens (including phenoxy) is 1. The Hall–Kier alpha value is -2.26. The minimum atomic E-state index is -0.630. The minimum absolute atomic E-state index is 0.130. The molecule has 94 valence electrons. The van der Waals surface area contributed by atoms with Gasteiger partial charge in [0.05, 0.1) is 0 Å². The van der Waals surface area contributed by atoms with Crippen LogP contribution in [0.4, 0.5) is 0 Å². The summed E-state index contributed by atoms with van der Waals surface area (Å²) in [6.45, 7) is 0. The zero-order valence-electron chi connectivity index (χ0n) is 10.2. The van der Waals surface area contributed by atoms with Crippen molar-refractivity contribution >= 4 is 11.6 Å². The molecule has 3 heteroatoms. The summed E-state index contributed by atoms with van der Waals surface area (Å²) in [7, 11) is 0. The van der Waals surface area contributed by atoms with Crippen LogP contribution in [0.2, 0.25) is 0 Å². The summed E-state index contributed by atoms with van der Waals surface area (Å²) in [5.41, 5.74) is 1.16. The second-order valence-corrected chi connectivity index (χ2v) is 4.44. The highest BCUT2D eigenvalue weighted by Gasteiger charge is 2.50. The number of rotatable bonds is 4. The Balaban J connectivity index is 1.72. The zero-order valence-corrected chi connectivity index (χ0v) is 10.2. The lowest BCUT2D eigenvalue weighted by atomic mass is 10.0. The van der Waals surface area contributed by atoms with Crippen LogP contribution in [0.15, 0.2) is 60.7 Å². The van der Waals surface area contributed by atoms with Crippen LogP contribution in [0.1, 0.15) is 20.7 Å². The van der Waals surface area contributed by atoms with Crippen molar-refractivity contribution in [1.29, 1.82) is 0 Å². The largest absolute Gasteiger partial charge is 0.352 e. The molecule has 0 aliphatic carbocycles. The number of benzene rings is 2. The van der Waals surface area contributed by atoms with Crippen LogP contribution in [-0.4, -0.2) is 23.8 Å². The normalized spacial score (nSPS) is 20.8. The molecule has 0 aromatic heterocycles. The van der Waals surface area contributed by atoms with Crippen LogP contribution in [0, 0.1) is 0 Å². The van der Waals surface area contributed by atoms with Gasteiger partial charge >= 0.3 is 0 Å². The van der Waals surface area contributed by atoms with Crippen molar-refractivity contribution in [2.24, 2.45) is 0 Å². The Kier molecular flexibility index (Phi) is 2.97. The Morgan fingerprint density at radius 2 is 1.05 bits per heavy atom. The lowest BCUT2D eigenvalue weighted by Crippen LogP contribution is -2.16. The third-order valence-electron chi connectivity index (χ3n) is 3.13. The molecule has 3 rings (SSSR count). The molecule has 0 bridgehead atoms. The molecule has 0 saturated carbocycles. The van der Waals surface area contributed by atoms with Crippen LogP contribution >= 0.6 is 0 Å². The van der Waals surface area contributed by atoms with Gasteiger partial charge in [-0.05, 0) is 0 Å². The van der Waals surface area contributed by atoms with Crippen LogP contribution in [-0.2, 0) is 4.74 Å². The second-order valence-electron chi connectivity index (χ2n) is 4.44. The topological polar surface area (TPSA) is 46.7 Å². The smallest absolute Gasteiger partial charge is 0.194 e. The van der Waals surface area contributed by atoms with Crippen LogP contribution < -0.4 is 0 Å². The molecule has 0 N–H and O–H groups in total. The average molecular weight is 252 g/mol. The van der Waals surface area contributed by atoms with Crippen molar-refractivity contribution < 1.29 is 14.3 Å². The van der Waals surface area contributed by atoms with Crippen molar-refractivity contribution in [3.63, 3.8) is 0 Å². The summed E-state index contributed by atoms with van der Waals surface area (Å²) < 4.78 is 5.25. The molecule has 3 nitrogen and oxygen atoms in total. The van der Waals surface area contributed by atoms with Crippen molar-refractivity contribution in [2.75, 3.05) is 0 Å². The lowest BCUT2D eigenvalue weighted by molar-refractivity contribution is 0.0948. The van der Waals surface area contributed by atoms with E-state index < -0.39 is 12.2 Å². The number of ketones is 2. The summed E-state index contributed by atoms with van der Waals surface area (Å²) in [5, 5.41) is 0. The Morgan fingerprint density at radius 1 is 0.684 bits per heavy atom. The monoisotopic (exact) mass is 252 g/mol. The lowest BCUT2D eigenvalue weighted by Gasteiger charge is -1.97. The summed E-state index contributed by atoms with van der Waals surface area (Å²) >= 11 is 0. The van der Waals surface area contributed by atoms with E-state index in [2.05, 4.69) is 0 Å².